The number of carbonyl (C=O) groups excluding carboxylic acids is 2. The van der Waals surface area contributed by atoms with Crippen molar-refractivity contribution in [1.29, 1.82) is 0 Å². The maximum absolute atomic E-state index is 12.0. The molecule has 1 heterocycles. The molecule has 1 atom stereocenters. The Labute approximate surface area is 125 Å². The Hall–Kier alpha value is -2.11. The lowest BCUT2D eigenvalue weighted by molar-refractivity contribution is -0.117. The van der Waals surface area contributed by atoms with Crippen molar-refractivity contribution in [3.8, 4) is 0 Å². The first-order valence-corrected chi connectivity index (χ1v) is 6.83. The van der Waals surface area contributed by atoms with E-state index in [2.05, 4.69) is 15.6 Å². The van der Waals surface area contributed by atoms with E-state index in [0.717, 1.165) is 11.4 Å². The number of ether oxygens (including phenoxy) is 1. The van der Waals surface area contributed by atoms with Crippen molar-refractivity contribution in [2.75, 3.05) is 5.32 Å². The van der Waals surface area contributed by atoms with Gasteiger partial charge in [0, 0.05) is 5.69 Å². The van der Waals surface area contributed by atoms with Gasteiger partial charge < -0.3 is 15.4 Å². The number of nitrogens with zero attached hydrogens (tertiary/aromatic N) is 1. The lowest BCUT2D eigenvalue weighted by Gasteiger charge is -2.21. The minimum atomic E-state index is -0.708. The van der Waals surface area contributed by atoms with Gasteiger partial charge in [0.15, 0.2) is 0 Å². The van der Waals surface area contributed by atoms with Gasteiger partial charge in [-0.05, 0) is 53.7 Å². The molecule has 1 aromatic heterocycles. The standard InChI is InChI=1S/C15H23N3O3/c1-9-7-8-12(10(2)16-9)18-13(19)11(3)17-14(20)21-15(4,5)6/h7-8,11H,1-6H3,(H,17,20)(H,18,19). The molecule has 1 rings (SSSR count). The summed E-state index contributed by atoms with van der Waals surface area (Å²) in [6, 6.07) is 2.89. The Kier molecular flexibility index (Phi) is 5.29. The van der Waals surface area contributed by atoms with E-state index in [1.165, 1.54) is 0 Å². The van der Waals surface area contributed by atoms with Crippen LogP contribution >= 0.6 is 0 Å². The normalized spacial score (nSPS) is 12.5. The predicted octanol–water partition coefficient (Wildman–Crippen LogP) is 2.55. The minimum absolute atomic E-state index is 0.324. The molecule has 0 aromatic carbocycles. The Balaban J connectivity index is 2.61. The molecule has 6 heteroatoms. The van der Waals surface area contributed by atoms with E-state index in [0.29, 0.717) is 5.69 Å². The van der Waals surface area contributed by atoms with Crippen molar-refractivity contribution in [2.45, 2.75) is 53.2 Å². The van der Waals surface area contributed by atoms with Crippen LogP contribution in [0, 0.1) is 13.8 Å². The highest BCUT2D eigenvalue weighted by molar-refractivity contribution is 5.96. The topological polar surface area (TPSA) is 80.3 Å². The summed E-state index contributed by atoms with van der Waals surface area (Å²) in [5, 5.41) is 5.23. The summed E-state index contributed by atoms with van der Waals surface area (Å²) in [6.45, 7) is 10.6. The maximum atomic E-state index is 12.0. The van der Waals surface area contributed by atoms with Gasteiger partial charge in [-0.1, -0.05) is 0 Å². The number of aryl methyl sites for hydroxylation is 2. The molecule has 116 valence electrons. The zero-order chi connectivity index (χ0) is 16.2. The summed E-state index contributed by atoms with van der Waals surface area (Å²) in [6.07, 6.45) is -0.621. The molecular weight excluding hydrogens is 270 g/mol. The number of anilines is 1. The molecule has 0 radical (unpaired) electrons. The van der Waals surface area contributed by atoms with Crippen molar-refractivity contribution >= 4 is 17.7 Å². The van der Waals surface area contributed by atoms with Crippen LogP contribution in [0.15, 0.2) is 12.1 Å². The largest absolute Gasteiger partial charge is 0.444 e. The Bertz CT molecular complexity index is 535. The highest BCUT2D eigenvalue weighted by atomic mass is 16.6. The highest BCUT2D eigenvalue weighted by Crippen LogP contribution is 2.13. The van der Waals surface area contributed by atoms with Gasteiger partial charge in [-0.3, -0.25) is 9.78 Å². The van der Waals surface area contributed by atoms with Crippen LogP contribution in [0.4, 0.5) is 10.5 Å². The molecule has 1 aromatic rings. The molecule has 0 aliphatic carbocycles. The van der Waals surface area contributed by atoms with Gasteiger partial charge in [-0.25, -0.2) is 4.79 Å². The molecule has 0 aliphatic rings. The Morgan fingerprint density at radius 2 is 1.86 bits per heavy atom. The monoisotopic (exact) mass is 293 g/mol. The van der Waals surface area contributed by atoms with Gasteiger partial charge in [0.25, 0.3) is 0 Å². The first kappa shape index (κ1) is 16.9. The van der Waals surface area contributed by atoms with Crippen molar-refractivity contribution in [1.82, 2.24) is 10.3 Å². The van der Waals surface area contributed by atoms with Crippen LogP contribution < -0.4 is 10.6 Å². The van der Waals surface area contributed by atoms with E-state index < -0.39 is 17.7 Å². The second kappa shape index (κ2) is 6.56. The number of aromatic nitrogens is 1. The average Bonchev–Trinajstić information content (AvgIpc) is 2.29. The molecule has 6 nitrogen and oxygen atoms in total. The van der Waals surface area contributed by atoms with Crippen LogP contribution in [0.3, 0.4) is 0 Å². The maximum Gasteiger partial charge on any atom is 0.408 e. The van der Waals surface area contributed by atoms with Crippen LogP contribution in [0.1, 0.15) is 39.1 Å². The van der Waals surface area contributed by atoms with Crippen molar-refractivity contribution in [3.05, 3.63) is 23.5 Å². The third-order valence-corrected chi connectivity index (χ3v) is 2.61. The number of nitrogens with one attached hydrogen (secondary N) is 2. The minimum Gasteiger partial charge on any atom is -0.444 e. The van der Waals surface area contributed by atoms with Gasteiger partial charge in [0.05, 0.1) is 11.4 Å². The summed E-state index contributed by atoms with van der Waals surface area (Å²) in [4.78, 5) is 27.9. The summed E-state index contributed by atoms with van der Waals surface area (Å²) >= 11 is 0. The second-order valence-electron chi connectivity index (χ2n) is 5.94. The van der Waals surface area contributed by atoms with E-state index in [-0.39, 0.29) is 5.91 Å². The fourth-order valence-corrected chi connectivity index (χ4v) is 1.61. The smallest absolute Gasteiger partial charge is 0.408 e. The molecule has 2 N–H and O–H groups in total. The molecular formula is C15H23N3O3. The predicted molar refractivity (Wildman–Crippen MR) is 81.2 cm³/mol. The molecule has 0 saturated heterocycles. The summed E-state index contributed by atoms with van der Waals surface area (Å²) in [7, 11) is 0. The van der Waals surface area contributed by atoms with E-state index in [9.17, 15) is 9.59 Å². The lowest BCUT2D eigenvalue weighted by Crippen LogP contribution is -2.44. The third kappa shape index (κ3) is 5.81. The fourth-order valence-electron chi connectivity index (χ4n) is 1.61. The Morgan fingerprint density at radius 1 is 1.24 bits per heavy atom. The second-order valence-corrected chi connectivity index (χ2v) is 5.94. The van der Waals surface area contributed by atoms with Crippen LogP contribution in [0.2, 0.25) is 0 Å². The number of alkyl carbamates (subject to hydrolysis) is 1. The van der Waals surface area contributed by atoms with E-state index in [1.807, 2.05) is 19.9 Å². The molecule has 0 spiro atoms. The first-order chi connectivity index (χ1) is 9.58. The number of carbonyl (C=O) groups is 2. The highest BCUT2D eigenvalue weighted by Gasteiger charge is 2.21. The van der Waals surface area contributed by atoms with Crippen molar-refractivity contribution < 1.29 is 14.3 Å². The van der Waals surface area contributed by atoms with Crippen molar-refractivity contribution in [3.63, 3.8) is 0 Å². The zero-order valence-electron chi connectivity index (χ0n) is 13.4. The Morgan fingerprint density at radius 3 is 2.38 bits per heavy atom. The van der Waals surface area contributed by atoms with Gasteiger partial charge in [-0.2, -0.15) is 0 Å². The molecule has 2 amide bonds. The number of amides is 2. The van der Waals surface area contributed by atoms with Crippen molar-refractivity contribution in [2.24, 2.45) is 0 Å². The van der Waals surface area contributed by atoms with Gasteiger partial charge in [0.2, 0.25) is 5.91 Å². The number of hydrogen-bond donors (Lipinski definition) is 2. The van der Waals surface area contributed by atoms with Gasteiger partial charge >= 0.3 is 6.09 Å². The molecule has 0 aliphatic heterocycles. The van der Waals surface area contributed by atoms with Crippen LogP contribution in [0.5, 0.6) is 0 Å². The van der Waals surface area contributed by atoms with Crippen LogP contribution in [-0.2, 0) is 9.53 Å². The molecule has 1 unspecified atom stereocenters. The van der Waals surface area contributed by atoms with E-state index in [4.69, 9.17) is 4.74 Å². The zero-order valence-corrected chi connectivity index (χ0v) is 13.4. The molecule has 0 saturated carbocycles. The molecule has 0 bridgehead atoms. The number of pyridine rings is 1. The number of hydrogen-bond acceptors (Lipinski definition) is 4. The lowest BCUT2D eigenvalue weighted by atomic mass is 10.2. The van der Waals surface area contributed by atoms with E-state index >= 15 is 0 Å². The van der Waals surface area contributed by atoms with Gasteiger partial charge in [0.1, 0.15) is 11.6 Å². The third-order valence-electron chi connectivity index (χ3n) is 2.61. The van der Waals surface area contributed by atoms with Gasteiger partial charge in [-0.15, -0.1) is 0 Å². The fraction of sp³-hybridized carbons (Fsp3) is 0.533. The molecule has 0 fully saturated rings. The van der Waals surface area contributed by atoms with E-state index in [1.54, 1.807) is 33.8 Å². The van der Waals surface area contributed by atoms with Crippen LogP contribution in [-0.4, -0.2) is 28.6 Å². The molecule has 21 heavy (non-hydrogen) atoms. The summed E-state index contributed by atoms with van der Waals surface area (Å²) in [5.41, 5.74) is 1.64. The SMILES string of the molecule is Cc1ccc(NC(=O)C(C)NC(=O)OC(C)(C)C)c(C)n1. The summed E-state index contributed by atoms with van der Waals surface area (Å²) < 4.78 is 5.11. The first-order valence-electron chi connectivity index (χ1n) is 6.83. The average molecular weight is 293 g/mol. The summed E-state index contributed by atoms with van der Waals surface area (Å²) in [5.74, 6) is -0.324. The number of rotatable bonds is 3. The quantitative estimate of drug-likeness (QED) is 0.897. The van der Waals surface area contributed by atoms with Crippen LogP contribution in [0.25, 0.3) is 0 Å².